The van der Waals surface area contributed by atoms with Crippen LogP contribution in [-0.4, -0.2) is 15.5 Å². The first kappa shape index (κ1) is 16.9. The molecule has 25 heavy (non-hydrogen) atoms. The second kappa shape index (κ2) is 6.86. The number of aromatic nitrogens is 2. The van der Waals surface area contributed by atoms with E-state index in [1.807, 2.05) is 54.6 Å². The fourth-order valence-electron chi connectivity index (χ4n) is 2.90. The highest BCUT2D eigenvalue weighted by atomic mass is 16.1. The number of nitrogens with two attached hydrogens (primary N) is 1. The number of hydrogen-bond acceptors (Lipinski definition) is 4. The largest absolute Gasteiger partial charge is 0.368 e. The normalized spacial score (nSPS) is 13.5. The Hall–Kier alpha value is -2.99. The Morgan fingerprint density at radius 3 is 2.44 bits per heavy atom. The molecule has 0 radical (unpaired) electrons. The third kappa shape index (κ3) is 3.29. The van der Waals surface area contributed by atoms with Crippen LogP contribution in [0.15, 0.2) is 59.4 Å². The minimum atomic E-state index is -0.700. The first-order chi connectivity index (χ1) is 12.0. The number of aryl methyl sites for hydroxylation is 1. The Labute approximate surface area is 145 Å². The van der Waals surface area contributed by atoms with Crippen molar-refractivity contribution in [1.29, 1.82) is 0 Å². The van der Waals surface area contributed by atoms with Crippen LogP contribution in [-0.2, 0) is 11.8 Å². The zero-order valence-corrected chi connectivity index (χ0v) is 14.1. The van der Waals surface area contributed by atoms with E-state index in [1.165, 1.54) is 0 Å². The fraction of sp³-hybridized carbons (Fsp3) is 0.211. The molecule has 1 heterocycles. The molecule has 1 unspecified atom stereocenters. The average Bonchev–Trinajstić information content (AvgIpc) is 2.63. The van der Waals surface area contributed by atoms with Crippen molar-refractivity contribution in [3.63, 3.8) is 0 Å². The summed E-state index contributed by atoms with van der Waals surface area (Å²) in [7, 11) is 1.71. The van der Waals surface area contributed by atoms with E-state index in [-0.39, 0.29) is 5.56 Å². The van der Waals surface area contributed by atoms with Crippen molar-refractivity contribution in [2.75, 3.05) is 0 Å². The van der Waals surface area contributed by atoms with Crippen LogP contribution in [0.5, 0.6) is 0 Å². The quantitative estimate of drug-likeness (QED) is 0.743. The summed E-state index contributed by atoms with van der Waals surface area (Å²) < 4.78 is 1.57. The first-order valence-electron chi connectivity index (χ1n) is 8.05. The summed E-state index contributed by atoms with van der Waals surface area (Å²) >= 11 is 0. The van der Waals surface area contributed by atoms with E-state index in [0.717, 1.165) is 16.6 Å². The van der Waals surface area contributed by atoms with Crippen molar-refractivity contribution in [3.05, 3.63) is 76.2 Å². The average molecular weight is 336 g/mol. The molecule has 6 nitrogen and oxygen atoms in total. The van der Waals surface area contributed by atoms with Crippen LogP contribution in [0.2, 0.25) is 0 Å². The Kier molecular flexibility index (Phi) is 4.63. The summed E-state index contributed by atoms with van der Waals surface area (Å²) in [6, 6.07) is 15.5. The Bertz CT molecular complexity index is 966. The summed E-state index contributed by atoms with van der Waals surface area (Å²) in [6.45, 7) is 1.80. The van der Waals surface area contributed by atoms with E-state index in [2.05, 4.69) is 10.3 Å². The fourth-order valence-corrected chi connectivity index (χ4v) is 2.90. The topological polar surface area (TPSA) is 90.0 Å². The zero-order valence-electron chi connectivity index (χ0n) is 14.1. The van der Waals surface area contributed by atoms with Crippen LogP contribution < -0.4 is 16.6 Å². The van der Waals surface area contributed by atoms with Gasteiger partial charge in [-0.15, -0.1) is 0 Å². The Morgan fingerprint density at radius 1 is 1.12 bits per heavy atom. The van der Waals surface area contributed by atoms with Crippen molar-refractivity contribution in [2.24, 2.45) is 12.8 Å². The van der Waals surface area contributed by atoms with Gasteiger partial charge in [-0.1, -0.05) is 42.5 Å². The maximum Gasteiger partial charge on any atom is 0.274 e. The number of fused-ring (bicyclic) bond motifs is 1. The van der Waals surface area contributed by atoms with E-state index >= 15 is 0 Å². The lowest BCUT2D eigenvalue weighted by molar-refractivity contribution is -0.120. The number of benzene rings is 2. The van der Waals surface area contributed by atoms with Gasteiger partial charge < -0.3 is 10.3 Å². The molecule has 0 spiro atoms. The molecule has 3 aromatic rings. The molecule has 0 bridgehead atoms. The molecule has 2 atom stereocenters. The van der Waals surface area contributed by atoms with E-state index in [0.29, 0.717) is 5.69 Å². The van der Waals surface area contributed by atoms with Crippen LogP contribution in [0, 0.1) is 0 Å². The Morgan fingerprint density at radius 2 is 1.76 bits per heavy atom. The van der Waals surface area contributed by atoms with Gasteiger partial charge in [0.15, 0.2) is 0 Å². The minimum absolute atomic E-state index is 0.199. The van der Waals surface area contributed by atoms with Gasteiger partial charge >= 0.3 is 0 Å². The third-order valence-electron chi connectivity index (χ3n) is 4.25. The van der Waals surface area contributed by atoms with Crippen molar-refractivity contribution < 1.29 is 4.79 Å². The van der Waals surface area contributed by atoms with Crippen molar-refractivity contribution in [2.45, 2.75) is 19.0 Å². The van der Waals surface area contributed by atoms with Crippen LogP contribution in [0.1, 0.15) is 30.3 Å². The molecule has 3 rings (SSSR count). The molecular weight excluding hydrogens is 316 g/mol. The molecule has 1 amide bonds. The molecule has 0 aliphatic rings. The molecular formula is C19H20N4O2. The molecule has 6 heteroatoms. The van der Waals surface area contributed by atoms with Crippen LogP contribution in [0.4, 0.5) is 0 Å². The molecule has 3 N–H and O–H groups in total. The highest BCUT2D eigenvalue weighted by molar-refractivity contribution is 5.81. The number of carbonyl (C=O) groups is 1. The highest BCUT2D eigenvalue weighted by Crippen LogP contribution is 2.18. The first-order valence-corrected chi connectivity index (χ1v) is 8.05. The van der Waals surface area contributed by atoms with Gasteiger partial charge in [-0.25, -0.2) is 4.98 Å². The predicted molar refractivity (Wildman–Crippen MR) is 96.9 cm³/mol. The van der Waals surface area contributed by atoms with Gasteiger partial charge in [0.1, 0.15) is 11.7 Å². The number of amides is 1. The van der Waals surface area contributed by atoms with Crippen LogP contribution >= 0.6 is 0 Å². The van der Waals surface area contributed by atoms with E-state index in [9.17, 15) is 9.59 Å². The number of carbonyl (C=O) groups excluding carboxylic acids is 1. The highest BCUT2D eigenvalue weighted by Gasteiger charge is 2.23. The van der Waals surface area contributed by atoms with Gasteiger partial charge in [-0.2, -0.15) is 0 Å². The molecule has 2 aromatic carbocycles. The van der Waals surface area contributed by atoms with E-state index in [1.54, 1.807) is 18.5 Å². The number of rotatable bonds is 5. The van der Waals surface area contributed by atoms with Gasteiger partial charge in [0.2, 0.25) is 5.91 Å². The summed E-state index contributed by atoms with van der Waals surface area (Å²) in [6.07, 6.45) is 0. The summed E-state index contributed by atoms with van der Waals surface area (Å²) in [5.74, 6) is -0.504. The maximum atomic E-state index is 12.7. The van der Waals surface area contributed by atoms with Crippen molar-refractivity contribution >= 4 is 16.9 Å². The van der Waals surface area contributed by atoms with Crippen molar-refractivity contribution in [3.8, 4) is 0 Å². The number of nitrogens with one attached hydrogen (secondary N) is 1. The molecule has 1 aromatic heterocycles. The standard InChI is InChI=1S/C19H20N4O2/c1-12(21-17(18(20)24)13-8-4-3-5-9-13)16-19(25)23(2)15-11-7-6-10-14(15)22-16/h3-12,17,21H,1-2H3,(H2,20,24)/t12?,17-/m1/s1. The van der Waals surface area contributed by atoms with Gasteiger partial charge in [0.05, 0.1) is 17.1 Å². The molecule has 0 saturated heterocycles. The smallest absolute Gasteiger partial charge is 0.274 e. The molecule has 128 valence electrons. The van der Waals surface area contributed by atoms with Crippen LogP contribution in [0.3, 0.4) is 0 Å². The summed E-state index contributed by atoms with van der Waals surface area (Å²) in [5.41, 5.74) is 7.94. The lowest BCUT2D eigenvalue weighted by Crippen LogP contribution is -2.38. The molecule has 0 saturated carbocycles. The number of nitrogens with zero attached hydrogens (tertiary/aromatic N) is 2. The second-order valence-electron chi connectivity index (χ2n) is 5.98. The lowest BCUT2D eigenvalue weighted by Gasteiger charge is -2.21. The Balaban J connectivity index is 1.99. The SMILES string of the molecule is CC(N[C@@H](C(N)=O)c1ccccc1)c1nc2ccccc2n(C)c1=O. The molecule has 0 fully saturated rings. The van der Waals surface area contributed by atoms with Gasteiger partial charge in [-0.05, 0) is 24.6 Å². The second-order valence-corrected chi connectivity index (χ2v) is 5.98. The van der Waals surface area contributed by atoms with Gasteiger partial charge in [-0.3, -0.25) is 14.9 Å². The van der Waals surface area contributed by atoms with E-state index in [4.69, 9.17) is 5.73 Å². The number of hydrogen-bond donors (Lipinski definition) is 2. The number of para-hydroxylation sites is 2. The number of primary amides is 1. The zero-order chi connectivity index (χ0) is 18.0. The molecule has 0 aliphatic heterocycles. The van der Waals surface area contributed by atoms with E-state index < -0.39 is 18.0 Å². The molecule has 0 aliphatic carbocycles. The lowest BCUT2D eigenvalue weighted by atomic mass is 10.0. The maximum absolute atomic E-state index is 12.7. The van der Waals surface area contributed by atoms with Gasteiger partial charge in [0, 0.05) is 7.05 Å². The minimum Gasteiger partial charge on any atom is -0.368 e. The van der Waals surface area contributed by atoms with Gasteiger partial charge in [0.25, 0.3) is 5.56 Å². The van der Waals surface area contributed by atoms with Crippen LogP contribution in [0.25, 0.3) is 11.0 Å². The predicted octanol–water partition coefficient (Wildman–Crippen LogP) is 1.81. The summed E-state index contributed by atoms with van der Waals surface area (Å²) in [5, 5.41) is 3.13. The summed E-state index contributed by atoms with van der Waals surface area (Å²) in [4.78, 5) is 29.0. The monoisotopic (exact) mass is 336 g/mol. The van der Waals surface area contributed by atoms with Crippen molar-refractivity contribution in [1.82, 2.24) is 14.9 Å². The third-order valence-corrected chi connectivity index (χ3v) is 4.25.